The predicted molar refractivity (Wildman–Crippen MR) is 83.5 cm³/mol. The molecule has 1 fully saturated rings. The molecule has 1 unspecified atom stereocenters. The molecule has 0 heterocycles. The van der Waals surface area contributed by atoms with E-state index in [9.17, 15) is 0 Å². The summed E-state index contributed by atoms with van der Waals surface area (Å²) >= 11 is 0. The van der Waals surface area contributed by atoms with Crippen molar-refractivity contribution in [2.24, 2.45) is 5.41 Å². The van der Waals surface area contributed by atoms with Gasteiger partial charge < -0.3 is 15.2 Å². The molecule has 1 aromatic carbocycles. The third kappa shape index (κ3) is 2.92. The van der Waals surface area contributed by atoms with Gasteiger partial charge in [0.1, 0.15) is 0 Å². The highest BCUT2D eigenvalue weighted by molar-refractivity contribution is 5.59. The van der Waals surface area contributed by atoms with E-state index in [-0.39, 0.29) is 5.41 Å². The molecule has 0 radical (unpaired) electrons. The first kappa shape index (κ1) is 14.8. The van der Waals surface area contributed by atoms with E-state index >= 15 is 0 Å². The Kier molecular flexibility index (Phi) is 3.98. The normalized spacial score (nSPS) is 21.6. The van der Waals surface area contributed by atoms with Crippen LogP contribution in [-0.4, -0.2) is 14.2 Å². The molecule has 110 valence electrons. The molecular weight excluding hydrogens is 250 g/mol. The molecule has 0 spiro atoms. The molecule has 1 saturated carbocycles. The number of hydrogen-bond donors (Lipinski definition) is 1. The van der Waals surface area contributed by atoms with Crippen LogP contribution in [0.15, 0.2) is 24.3 Å². The van der Waals surface area contributed by atoms with Crippen LogP contribution in [0.2, 0.25) is 0 Å². The van der Waals surface area contributed by atoms with Crippen LogP contribution >= 0.6 is 0 Å². The van der Waals surface area contributed by atoms with Crippen molar-refractivity contribution in [3.05, 3.63) is 29.8 Å². The van der Waals surface area contributed by atoms with Gasteiger partial charge in [0.05, 0.1) is 14.2 Å². The molecule has 3 heteroatoms. The van der Waals surface area contributed by atoms with Crippen molar-refractivity contribution in [2.45, 2.75) is 39.0 Å². The molecule has 20 heavy (non-hydrogen) atoms. The Bertz CT molecular complexity index is 520. The Balaban J connectivity index is 2.39. The zero-order chi connectivity index (χ0) is 14.9. The van der Waals surface area contributed by atoms with Crippen molar-refractivity contribution in [2.75, 3.05) is 20.0 Å². The molecule has 0 amide bonds. The average Bonchev–Trinajstić information content (AvgIpc) is 2.35. The zero-order valence-electron chi connectivity index (χ0n) is 13.0. The van der Waals surface area contributed by atoms with Gasteiger partial charge in [0.25, 0.3) is 0 Å². The number of anilines is 1. The van der Waals surface area contributed by atoms with Crippen molar-refractivity contribution < 1.29 is 9.47 Å². The van der Waals surface area contributed by atoms with Crippen molar-refractivity contribution in [3.8, 4) is 11.5 Å². The smallest absolute Gasteiger partial charge is 0.162 e. The fraction of sp³-hybridized carbons (Fsp3) is 0.529. The van der Waals surface area contributed by atoms with Gasteiger partial charge in [-0.2, -0.15) is 0 Å². The largest absolute Gasteiger partial charge is 0.493 e. The quantitative estimate of drug-likeness (QED) is 0.666. The lowest BCUT2D eigenvalue weighted by Gasteiger charge is -2.37. The third-order valence-electron chi connectivity index (χ3n) is 4.09. The van der Waals surface area contributed by atoms with Crippen LogP contribution in [0.25, 0.3) is 0 Å². The number of rotatable bonds is 3. The fourth-order valence-electron chi connectivity index (χ4n) is 3.39. The number of nitrogen functional groups attached to an aromatic ring is 1. The summed E-state index contributed by atoms with van der Waals surface area (Å²) in [7, 11) is 3.28. The monoisotopic (exact) mass is 275 g/mol. The van der Waals surface area contributed by atoms with Gasteiger partial charge in [0, 0.05) is 11.8 Å². The summed E-state index contributed by atoms with van der Waals surface area (Å²) in [6, 6.07) is 3.88. The second kappa shape index (κ2) is 5.39. The van der Waals surface area contributed by atoms with Crippen molar-refractivity contribution in [1.82, 2.24) is 0 Å². The first-order valence-corrected chi connectivity index (χ1v) is 7.04. The van der Waals surface area contributed by atoms with E-state index in [1.807, 2.05) is 12.1 Å². The Morgan fingerprint density at radius 2 is 1.80 bits per heavy atom. The molecule has 0 bridgehead atoms. The summed E-state index contributed by atoms with van der Waals surface area (Å²) in [6.07, 6.45) is 3.21. The molecule has 1 aliphatic carbocycles. The van der Waals surface area contributed by atoms with Crippen molar-refractivity contribution >= 4 is 5.69 Å². The van der Waals surface area contributed by atoms with Crippen LogP contribution in [-0.2, 0) is 0 Å². The Morgan fingerprint density at radius 3 is 2.35 bits per heavy atom. The van der Waals surface area contributed by atoms with Gasteiger partial charge >= 0.3 is 0 Å². The highest BCUT2D eigenvalue weighted by atomic mass is 16.5. The van der Waals surface area contributed by atoms with E-state index in [1.165, 1.54) is 5.57 Å². The molecule has 0 aliphatic heterocycles. The van der Waals surface area contributed by atoms with Gasteiger partial charge in [-0.1, -0.05) is 26.0 Å². The van der Waals surface area contributed by atoms with E-state index in [0.29, 0.717) is 11.7 Å². The summed E-state index contributed by atoms with van der Waals surface area (Å²) in [4.78, 5) is 0. The predicted octanol–water partition coefficient (Wildman–Crippen LogP) is 4.14. The minimum absolute atomic E-state index is 0.277. The highest BCUT2D eigenvalue weighted by Crippen LogP contribution is 2.48. The van der Waals surface area contributed by atoms with Gasteiger partial charge in [-0.15, -0.1) is 0 Å². The van der Waals surface area contributed by atoms with Crippen molar-refractivity contribution in [1.29, 1.82) is 0 Å². The minimum atomic E-state index is 0.277. The summed E-state index contributed by atoms with van der Waals surface area (Å²) in [5.74, 6) is 1.83. The summed E-state index contributed by atoms with van der Waals surface area (Å²) < 4.78 is 10.7. The Hall–Kier alpha value is -1.64. The van der Waals surface area contributed by atoms with Gasteiger partial charge in [-0.05, 0) is 42.2 Å². The zero-order valence-corrected chi connectivity index (χ0v) is 13.0. The van der Waals surface area contributed by atoms with E-state index in [4.69, 9.17) is 15.2 Å². The first-order valence-electron chi connectivity index (χ1n) is 7.04. The minimum Gasteiger partial charge on any atom is -0.493 e. The summed E-state index contributed by atoms with van der Waals surface area (Å²) in [6.45, 7) is 8.78. The third-order valence-corrected chi connectivity index (χ3v) is 4.09. The standard InChI is InChI=1S/C17H25NO2/c1-11-6-12(10-17(2,3)9-11)13-7-15(19-4)16(20-5)8-14(13)18/h7-8,12H,1,6,9-10,18H2,2-5H3. The maximum absolute atomic E-state index is 6.22. The molecule has 2 N–H and O–H groups in total. The highest BCUT2D eigenvalue weighted by Gasteiger charge is 2.32. The SMILES string of the molecule is C=C1CC(c2cc(OC)c(OC)cc2N)CC(C)(C)C1. The average molecular weight is 275 g/mol. The van der Waals surface area contributed by atoms with E-state index in [1.54, 1.807) is 14.2 Å². The maximum Gasteiger partial charge on any atom is 0.162 e. The molecular formula is C17H25NO2. The van der Waals surface area contributed by atoms with E-state index < -0.39 is 0 Å². The second-order valence-electron chi connectivity index (χ2n) is 6.53. The van der Waals surface area contributed by atoms with Crippen LogP contribution in [0, 0.1) is 5.41 Å². The molecule has 0 aromatic heterocycles. The second-order valence-corrected chi connectivity index (χ2v) is 6.53. The lowest BCUT2D eigenvalue weighted by Crippen LogP contribution is -2.23. The van der Waals surface area contributed by atoms with Gasteiger partial charge in [-0.25, -0.2) is 0 Å². The molecule has 1 aliphatic rings. The molecule has 2 rings (SSSR count). The molecule has 1 atom stereocenters. The lowest BCUT2D eigenvalue weighted by molar-refractivity contribution is 0.264. The van der Waals surface area contributed by atoms with Crippen LogP contribution in [0.3, 0.4) is 0 Å². The number of nitrogens with two attached hydrogens (primary N) is 1. The maximum atomic E-state index is 6.22. The van der Waals surface area contributed by atoms with Crippen LogP contribution in [0.5, 0.6) is 11.5 Å². The summed E-state index contributed by atoms with van der Waals surface area (Å²) in [5.41, 5.74) is 9.73. The number of ether oxygens (including phenoxy) is 2. The van der Waals surface area contributed by atoms with E-state index in [0.717, 1.165) is 36.3 Å². The number of methoxy groups -OCH3 is 2. The number of benzene rings is 1. The molecule has 3 nitrogen and oxygen atoms in total. The van der Waals surface area contributed by atoms with Crippen LogP contribution < -0.4 is 15.2 Å². The van der Waals surface area contributed by atoms with Gasteiger partial charge in [0.2, 0.25) is 0 Å². The summed E-state index contributed by atoms with van der Waals surface area (Å²) in [5, 5.41) is 0. The van der Waals surface area contributed by atoms with E-state index in [2.05, 4.69) is 20.4 Å². The Labute approximate surface area is 121 Å². The van der Waals surface area contributed by atoms with Crippen LogP contribution in [0.1, 0.15) is 44.6 Å². The molecule has 1 aromatic rings. The number of allylic oxidation sites excluding steroid dienone is 1. The first-order chi connectivity index (χ1) is 9.36. The van der Waals surface area contributed by atoms with Gasteiger partial charge in [-0.3, -0.25) is 0 Å². The fourth-order valence-corrected chi connectivity index (χ4v) is 3.39. The van der Waals surface area contributed by atoms with Crippen molar-refractivity contribution in [3.63, 3.8) is 0 Å². The molecule has 0 saturated heterocycles. The van der Waals surface area contributed by atoms with Crippen LogP contribution in [0.4, 0.5) is 5.69 Å². The lowest BCUT2D eigenvalue weighted by atomic mass is 9.68. The topological polar surface area (TPSA) is 44.5 Å². The van der Waals surface area contributed by atoms with Gasteiger partial charge in [0.15, 0.2) is 11.5 Å². The number of hydrogen-bond acceptors (Lipinski definition) is 3. The Morgan fingerprint density at radius 1 is 1.20 bits per heavy atom.